The first kappa shape index (κ1) is 10.1. The van der Waals surface area contributed by atoms with Gasteiger partial charge in [-0.1, -0.05) is 53.6 Å². The quantitative estimate of drug-likeness (QED) is 0.547. The lowest BCUT2D eigenvalue weighted by atomic mass is 9.27. The monoisotopic (exact) mass is 166 g/mol. The van der Waals surface area contributed by atoms with Crippen molar-refractivity contribution in [3.8, 4) is 0 Å². The van der Waals surface area contributed by atoms with Crippen LogP contribution in [-0.4, -0.2) is 6.71 Å². The first-order valence-corrected chi connectivity index (χ1v) is 5.42. The third kappa shape index (κ3) is 1.22. The predicted molar refractivity (Wildman–Crippen MR) is 58.0 cm³/mol. The summed E-state index contributed by atoms with van der Waals surface area (Å²) in [4.78, 5) is 0. The van der Waals surface area contributed by atoms with Crippen molar-refractivity contribution in [2.45, 2.75) is 53.6 Å². The molecule has 3 atom stereocenters. The van der Waals surface area contributed by atoms with E-state index in [2.05, 4.69) is 41.3 Å². The summed E-state index contributed by atoms with van der Waals surface area (Å²) in [5.74, 6) is 2.87. The van der Waals surface area contributed by atoms with Crippen molar-refractivity contribution in [2.75, 3.05) is 0 Å². The molecule has 1 fully saturated rings. The van der Waals surface area contributed by atoms with Crippen LogP contribution in [-0.2, 0) is 0 Å². The maximum Gasteiger partial charge on any atom is 0.137 e. The summed E-state index contributed by atoms with van der Waals surface area (Å²) >= 11 is 0. The van der Waals surface area contributed by atoms with Gasteiger partial charge in [-0.15, -0.1) is 0 Å². The van der Waals surface area contributed by atoms with Crippen LogP contribution in [0, 0.1) is 17.3 Å². The minimum absolute atomic E-state index is 0.592. The second-order valence-corrected chi connectivity index (χ2v) is 5.45. The molecule has 12 heavy (non-hydrogen) atoms. The van der Waals surface area contributed by atoms with E-state index >= 15 is 0 Å². The van der Waals surface area contributed by atoms with Crippen LogP contribution in [0.4, 0.5) is 0 Å². The molecule has 0 bridgehead atoms. The third-order valence-electron chi connectivity index (χ3n) is 4.33. The van der Waals surface area contributed by atoms with E-state index in [0.717, 1.165) is 24.4 Å². The van der Waals surface area contributed by atoms with Crippen molar-refractivity contribution in [3.05, 3.63) is 0 Å². The summed E-state index contributed by atoms with van der Waals surface area (Å²) in [5, 5.41) is 0. The third-order valence-corrected chi connectivity index (χ3v) is 4.33. The molecular weight excluding hydrogens is 143 g/mol. The van der Waals surface area contributed by atoms with Gasteiger partial charge < -0.3 is 0 Å². The van der Waals surface area contributed by atoms with Crippen molar-refractivity contribution >= 4 is 6.71 Å². The molecule has 0 radical (unpaired) electrons. The van der Waals surface area contributed by atoms with Crippen LogP contribution >= 0.6 is 0 Å². The van der Waals surface area contributed by atoms with Gasteiger partial charge in [0.1, 0.15) is 6.71 Å². The van der Waals surface area contributed by atoms with Gasteiger partial charge in [-0.05, 0) is 17.3 Å². The van der Waals surface area contributed by atoms with Crippen LogP contribution in [0.5, 0.6) is 0 Å². The van der Waals surface area contributed by atoms with Gasteiger partial charge in [0.25, 0.3) is 0 Å². The molecule has 70 valence electrons. The van der Waals surface area contributed by atoms with Gasteiger partial charge in [0.05, 0.1) is 0 Å². The normalized spacial score (nSPS) is 39.0. The average molecular weight is 166 g/mol. The molecule has 0 aromatic carbocycles. The lowest BCUT2D eigenvalue weighted by Crippen LogP contribution is -2.52. The Labute approximate surface area is 78.2 Å². The molecule has 1 heteroatoms. The van der Waals surface area contributed by atoms with E-state index in [1.54, 1.807) is 0 Å². The minimum atomic E-state index is 0.592. The zero-order valence-electron chi connectivity index (χ0n) is 9.52. The summed E-state index contributed by atoms with van der Waals surface area (Å²) in [6, 6.07) is 0. The molecule has 1 saturated carbocycles. The smallest absolute Gasteiger partial charge is 0.0860 e. The fourth-order valence-electron chi connectivity index (χ4n) is 3.56. The molecule has 0 aliphatic heterocycles. The molecule has 1 aliphatic rings. The molecule has 0 heterocycles. The zero-order valence-corrected chi connectivity index (χ0v) is 9.52. The van der Waals surface area contributed by atoms with Crippen molar-refractivity contribution < 1.29 is 0 Å². The van der Waals surface area contributed by atoms with Crippen LogP contribution in [0.15, 0.2) is 0 Å². The Morgan fingerprint density at radius 1 is 1.25 bits per heavy atom. The van der Waals surface area contributed by atoms with E-state index in [4.69, 9.17) is 0 Å². The molecule has 3 unspecified atom stereocenters. The van der Waals surface area contributed by atoms with Gasteiger partial charge in [-0.3, -0.25) is 0 Å². The summed E-state index contributed by atoms with van der Waals surface area (Å²) < 4.78 is 0. The van der Waals surface area contributed by atoms with E-state index < -0.39 is 0 Å². The highest BCUT2D eigenvalue weighted by Gasteiger charge is 2.53. The first-order chi connectivity index (χ1) is 5.42. The van der Waals surface area contributed by atoms with Crippen LogP contribution in [0.25, 0.3) is 0 Å². The maximum absolute atomic E-state index is 2.44. The van der Waals surface area contributed by atoms with Crippen LogP contribution in [0.1, 0.15) is 34.1 Å². The van der Waals surface area contributed by atoms with Crippen molar-refractivity contribution in [3.63, 3.8) is 0 Å². The largest absolute Gasteiger partial charge is 0.137 e. The highest BCUT2D eigenvalue weighted by molar-refractivity contribution is 6.58. The molecule has 1 aliphatic carbocycles. The van der Waals surface area contributed by atoms with E-state index in [9.17, 15) is 0 Å². The molecule has 0 amide bonds. The molecule has 0 N–H and O–H groups in total. The summed E-state index contributed by atoms with van der Waals surface area (Å²) in [6.45, 7) is 15.3. The predicted octanol–water partition coefficient (Wildman–Crippen LogP) is 3.81. The molecule has 0 nitrogen and oxygen atoms in total. The minimum Gasteiger partial charge on any atom is -0.0860 e. The van der Waals surface area contributed by atoms with Gasteiger partial charge in [0, 0.05) is 0 Å². The maximum atomic E-state index is 2.44. The molecular formula is C11H23B. The zero-order chi connectivity index (χ0) is 9.52. The van der Waals surface area contributed by atoms with Crippen LogP contribution in [0.3, 0.4) is 0 Å². The van der Waals surface area contributed by atoms with Gasteiger partial charge in [-0.25, -0.2) is 0 Å². The highest BCUT2D eigenvalue weighted by atomic mass is 14.5. The Hall–Kier alpha value is 0.0649. The fraction of sp³-hybridized carbons (Fsp3) is 1.00. The Morgan fingerprint density at radius 3 is 2.00 bits per heavy atom. The summed E-state index contributed by atoms with van der Waals surface area (Å²) in [7, 11) is 0. The van der Waals surface area contributed by atoms with Gasteiger partial charge in [0.15, 0.2) is 0 Å². The molecule has 0 aromatic heterocycles. The molecule has 0 saturated heterocycles. The topological polar surface area (TPSA) is 0 Å². The number of hydrogen-bond donors (Lipinski definition) is 0. The van der Waals surface area contributed by atoms with Gasteiger partial charge in [0.2, 0.25) is 0 Å². The Bertz CT molecular complexity index is 160. The van der Waals surface area contributed by atoms with Crippen molar-refractivity contribution in [1.82, 2.24) is 0 Å². The Kier molecular flexibility index (Phi) is 2.61. The first-order valence-electron chi connectivity index (χ1n) is 5.42. The van der Waals surface area contributed by atoms with Gasteiger partial charge in [-0.2, -0.15) is 0 Å². The standard InChI is InChI=1S/C11H23B/c1-7-9-8(2)11(3,4)10(9)12(5)6/h8-10H,7H2,1-6H3. The van der Waals surface area contributed by atoms with Gasteiger partial charge >= 0.3 is 0 Å². The van der Waals surface area contributed by atoms with Crippen LogP contribution < -0.4 is 0 Å². The molecule has 1 rings (SSSR count). The molecule has 0 spiro atoms. The van der Waals surface area contributed by atoms with Crippen molar-refractivity contribution in [1.29, 1.82) is 0 Å². The molecule has 0 aromatic rings. The summed E-state index contributed by atoms with van der Waals surface area (Å²) in [5.41, 5.74) is 0.592. The second kappa shape index (κ2) is 3.08. The SMILES string of the molecule is CCC1C(C)C(C)(C)C1B(C)C. The van der Waals surface area contributed by atoms with Crippen LogP contribution in [0.2, 0.25) is 19.5 Å². The van der Waals surface area contributed by atoms with E-state index in [1.165, 1.54) is 6.42 Å². The number of hydrogen-bond acceptors (Lipinski definition) is 0. The van der Waals surface area contributed by atoms with E-state index in [0.29, 0.717) is 5.41 Å². The second-order valence-electron chi connectivity index (χ2n) is 5.45. The lowest BCUT2D eigenvalue weighted by molar-refractivity contribution is -0.000458. The number of rotatable bonds is 2. The lowest BCUT2D eigenvalue weighted by Gasteiger charge is -2.59. The Balaban J connectivity index is 2.71. The fourth-order valence-corrected chi connectivity index (χ4v) is 3.56. The van der Waals surface area contributed by atoms with Crippen molar-refractivity contribution in [2.24, 2.45) is 17.3 Å². The highest BCUT2D eigenvalue weighted by Crippen LogP contribution is 2.61. The Morgan fingerprint density at radius 2 is 1.75 bits per heavy atom. The summed E-state index contributed by atoms with van der Waals surface area (Å²) in [6.07, 6.45) is 1.37. The van der Waals surface area contributed by atoms with E-state index in [-0.39, 0.29) is 0 Å². The average Bonchev–Trinajstić information content (AvgIpc) is 1.97. The van der Waals surface area contributed by atoms with E-state index in [1.807, 2.05) is 0 Å².